The van der Waals surface area contributed by atoms with Gasteiger partial charge in [0.15, 0.2) is 0 Å². The molecule has 0 aromatic rings. The average Bonchev–Trinajstić information content (AvgIpc) is 1.82. The lowest BCUT2D eigenvalue weighted by Crippen LogP contribution is -2.13. The molecule has 0 N–H and O–H groups in total. The van der Waals surface area contributed by atoms with E-state index < -0.39 is 25.4 Å². The second kappa shape index (κ2) is 4.35. The van der Waals surface area contributed by atoms with Gasteiger partial charge in [0.1, 0.15) is 6.29 Å². The minimum absolute atomic E-state index is 0.302. The number of aldehydes is 1. The Balaban J connectivity index is 3.53. The summed E-state index contributed by atoms with van der Waals surface area (Å²) in [5.41, 5.74) is 0. The van der Waals surface area contributed by atoms with Crippen LogP contribution in [0.2, 0.25) is 0 Å². The standard InChI is InChI=1S/C5H7F3O/c6-3-4(1-2-9)5(7)8/h2,4-5H,1,3H2. The summed E-state index contributed by atoms with van der Waals surface area (Å²) in [4.78, 5) is 9.58. The van der Waals surface area contributed by atoms with Gasteiger partial charge in [-0.05, 0) is 0 Å². The predicted octanol–water partition coefficient (Wildman–Crippen LogP) is 1.43. The molecule has 0 aliphatic carbocycles. The third-order valence-corrected chi connectivity index (χ3v) is 0.954. The molecule has 0 rings (SSSR count). The highest BCUT2D eigenvalue weighted by molar-refractivity contribution is 5.49. The first kappa shape index (κ1) is 8.46. The molecule has 0 saturated carbocycles. The number of halogens is 3. The van der Waals surface area contributed by atoms with Gasteiger partial charge in [-0.2, -0.15) is 0 Å². The highest BCUT2D eigenvalue weighted by Crippen LogP contribution is 2.12. The summed E-state index contributed by atoms with van der Waals surface area (Å²) in [5.74, 6) is -1.40. The van der Waals surface area contributed by atoms with Gasteiger partial charge in [0.25, 0.3) is 0 Å². The van der Waals surface area contributed by atoms with E-state index in [0.717, 1.165) is 0 Å². The molecule has 0 aromatic heterocycles. The average molecular weight is 140 g/mol. The van der Waals surface area contributed by atoms with E-state index in [9.17, 15) is 18.0 Å². The van der Waals surface area contributed by atoms with Gasteiger partial charge in [-0.15, -0.1) is 0 Å². The lowest BCUT2D eigenvalue weighted by molar-refractivity contribution is -0.110. The topological polar surface area (TPSA) is 17.1 Å². The van der Waals surface area contributed by atoms with E-state index in [4.69, 9.17) is 0 Å². The maximum atomic E-state index is 11.5. The highest BCUT2D eigenvalue weighted by Gasteiger charge is 2.18. The summed E-state index contributed by atoms with van der Waals surface area (Å²) in [6.07, 6.45) is -2.81. The van der Waals surface area contributed by atoms with Crippen molar-refractivity contribution >= 4 is 6.29 Å². The van der Waals surface area contributed by atoms with Gasteiger partial charge in [-0.3, -0.25) is 4.39 Å². The van der Waals surface area contributed by atoms with Crippen LogP contribution in [0.1, 0.15) is 6.42 Å². The fourth-order valence-corrected chi connectivity index (χ4v) is 0.357. The van der Waals surface area contributed by atoms with Crippen LogP contribution in [0.4, 0.5) is 13.2 Å². The largest absolute Gasteiger partial charge is 0.303 e. The lowest BCUT2D eigenvalue weighted by atomic mass is 10.1. The van der Waals surface area contributed by atoms with Crippen LogP contribution < -0.4 is 0 Å². The van der Waals surface area contributed by atoms with Gasteiger partial charge in [0, 0.05) is 6.42 Å². The van der Waals surface area contributed by atoms with E-state index in [1.54, 1.807) is 0 Å². The second-order valence-corrected chi connectivity index (χ2v) is 1.65. The van der Waals surface area contributed by atoms with Crippen LogP contribution in [-0.2, 0) is 4.79 Å². The van der Waals surface area contributed by atoms with Crippen molar-refractivity contribution in [2.24, 2.45) is 5.92 Å². The van der Waals surface area contributed by atoms with Crippen molar-refractivity contribution in [3.05, 3.63) is 0 Å². The molecule has 54 valence electrons. The molecule has 0 aliphatic heterocycles. The minimum atomic E-state index is -2.72. The zero-order chi connectivity index (χ0) is 7.28. The Labute approximate surface area is 50.9 Å². The Morgan fingerprint density at radius 2 is 2.00 bits per heavy atom. The molecule has 1 unspecified atom stereocenters. The molecule has 0 amide bonds. The summed E-state index contributed by atoms with van der Waals surface area (Å²) in [7, 11) is 0. The predicted molar refractivity (Wildman–Crippen MR) is 26.1 cm³/mol. The Hall–Kier alpha value is -0.540. The third kappa shape index (κ3) is 3.11. The molecule has 1 nitrogen and oxygen atoms in total. The third-order valence-electron chi connectivity index (χ3n) is 0.954. The summed E-state index contributed by atoms with van der Waals surface area (Å²) in [5, 5.41) is 0. The number of rotatable bonds is 4. The lowest BCUT2D eigenvalue weighted by Gasteiger charge is -2.05. The molecular formula is C5H7F3O. The smallest absolute Gasteiger partial charge is 0.244 e. The minimum Gasteiger partial charge on any atom is -0.303 e. The van der Waals surface area contributed by atoms with E-state index >= 15 is 0 Å². The molecule has 0 aromatic carbocycles. The van der Waals surface area contributed by atoms with E-state index in [1.165, 1.54) is 0 Å². The van der Waals surface area contributed by atoms with Gasteiger partial charge in [-0.1, -0.05) is 0 Å². The van der Waals surface area contributed by atoms with Gasteiger partial charge in [0.2, 0.25) is 6.43 Å². The summed E-state index contributed by atoms with van der Waals surface area (Å²) in [6, 6.07) is 0. The zero-order valence-corrected chi connectivity index (χ0v) is 4.69. The maximum Gasteiger partial charge on any atom is 0.244 e. The Morgan fingerprint density at radius 3 is 2.11 bits per heavy atom. The van der Waals surface area contributed by atoms with Crippen molar-refractivity contribution in [1.82, 2.24) is 0 Å². The van der Waals surface area contributed by atoms with E-state index in [2.05, 4.69) is 0 Å². The quantitative estimate of drug-likeness (QED) is 0.540. The van der Waals surface area contributed by atoms with Crippen molar-refractivity contribution in [3.8, 4) is 0 Å². The monoisotopic (exact) mass is 140 g/mol. The number of carbonyl (C=O) groups is 1. The van der Waals surface area contributed by atoms with E-state index in [0.29, 0.717) is 6.29 Å². The normalized spacial score (nSPS) is 13.8. The first-order chi connectivity index (χ1) is 4.22. The van der Waals surface area contributed by atoms with E-state index in [-0.39, 0.29) is 0 Å². The molecule has 9 heavy (non-hydrogen) atoms. The van der Waals surface area contributed by atoms with Crippen LogP contribution in [0, 0.1) is 5.92 Å². The molecule has 0 bridgehead atoms. The Kier molecular flexibility index (Phi) is 4.09. The first-order valence-electron chi connectivity index (χ1n) is 2.50. The molecule has 0 heterocycles. The van der Waals surface area contributed by atoms with Crippen molar-refractivity contribution in [3.63, 3.8) is 0 Å². The fraction of sp³-hybridized carbons (Fsp3) is 0.800. The van der Waals surface area contributed by atoms with Crippen LogP contribution in [0.5, 0.6) is 0 Å². The number of carbonyl (C=O) groups excluding carboxylic acids is 1. The van der Waals surface area contributed by atoms with Crippen LogP contribution in [-0.4, -0.2) is 19.4 Å². The Bertz CT molecular complexity index is 84.3. The molecular weight excluding hydrogens is 133 g/mol. The van der Waals surface area contributed by atoms with Gasteiger partial charge in [0.05, 0.1) is 12.6 Å². The number of hydrogen-bond donors (Lipinski definition) is 0. The summed E-state index contributed by atoms with van der Waals surface area (Å²) in [6.45, 7) is -1.13. The summed E-state index contributed by atoms with van der Waals surface area (Å²) >= 11 is 0. The fourth-order valence-electron chi connectivity index (χ4n) is 0.357. The van der Waals surface area contributed by atoms with Crippen molar-refractivity contribution < 1.29 is 18.0 Å². The van der Waals surface area contributed by atoms with Crippen molar-refractivity contribution in [1.29, 1.82) is 0 Å². The summed E-state index contributed by atoms with van der Waals surface area (Å²) < 4.78 is 34.4. The highest BCUT2D eigenvalue weighted by atomic mass is 19.3. The van der Waals surface area contributed by atoms with Crippen LogP contribution in [0.15, 0.2) is 0 Å². The second-order valence-electron chi connectivity index (χ2n) is 1.65. The van der Waals surface area contributed by atoms with Gasteiger partial charge in [-0.25, -0.2) is 8.78 Å². The van der Waals surface area contributed by atoms with Gasteiger partial charge < -0.3 is 4.79 Å². The molecule has 0 spiro atoms. The first-order valence-corrected chi connectivity index (χ1v) is 2.50. The van der Waals surface area contributed by atoms with Crippen LogP contribution >= 0.6 is 0 Å². The molecule has 0 fully saturated rings. The van der Waals surface area contributed by atoms with Crippen LogP contribution in [0.25, 0.3) is 0 Å². The van der Waals surface area contributed by atoms with Crippen molar-refractivity contribution in [2.45, 2.75) is 12.8 Å². The van der Waals surface area contributed by atoms with Gasteiger partial charge >= 0.3 is 0 Å². The molecule has 0 saturated heterocycles. The molecule has 4 heteroatoms. The molecule has 1 atom stereocenters. The number of alkyl halides is 3. The molecule has 0 aliphatic rings. The number of hydrogen-bond acceptors (Lipinski definition) is 1. The zero-order valence-electron chi connectivity index (χ0n) is 4.69. The Morgan fingerprint density at radius 1 is 1.44 bits per heavy atom. The van der Waals surface area contributed by atoms with E-state index in [1.807, 2.05) is 0 Å². The maximum absolute atomic E-state index is 11.5. The SMILES string of the molecule is O=CCC(CF)C(F)F. The molecule has 0 radical (unpaired) electrons. The van der Waals surface area contributed by atoms with Crippen LogP contribution in [0.3, 0.4) is 0 Å². The van der Waals surface area contributed by atoms with Crippen molar-refractivity contribution in [2.75, 3.05) is 6.67 Å².